The fraction of sp³-hybridized carbons (Fsp3) is 0.258. The number of carbonyl (C=O) groups is 2. The molecule has 1 aromatic heterocycles. The number of nitrogens with zero attached hydrogens (tertiary/aromatic N) is 2. The first kappa shape index (κ1) is 24.5. The molecule has 0 aliphatic carbocycles. The molecule has 37 heavy (non-hydrogen) atoms. The minimum Gasteiger partial charge on any atom is -0.336 e. The van der Waals surface area contributed by atoms with Crippen LogP contribution >= 0.6 is 0 Å². The van der Waals surface area contributed by atoms with Crippen LogP contribution in [0.4, 0.5) is 0 Å². The summed E-state index contributed by atoms with van der Waals surface area (Å²) in [5.74, 6) is -0.227. The smallest absolute Gasteiger partial charge is 0.270 e. The Balaban J connectivity index is 1.41. The van der Waals surface area contributed by atoms with Crippen molar-refractivity contribution in [2.45, 2.75) is 32.7 Å². The van der Waals surface area contributed by atoms with Gasteiger partial charge in [-0.05, 0) is 67.2 Å². The Hall–Kier alpha value is -4.19. The molecule has 1 fully saturated rings. The predicted molar refractivity (Wildman–Crippen MR) is 145 cm³/mol. The van der Waals surface area contributed by atoms with E-state index in [4.69, 9.17) is 0 Å². The van der Waals surface area contributed by atoms with Gasteiger partial charge in [0, 0.05) is 42.9 Å². The van der Waals surface area contributed by atoms with Crippen molar-refractivity contribution in [2.24, 2.45) is 5.92 Å². The highest BCUT2D eigenvalue weighted by molar-refractivity contribution is 6.03. The first-order valence-electron chi connectivity index (χ1n) is 12.7. The van der Waals surface area contributed by atoms with E-state index >= 15 is 0 Å². The van der Waals surface area contributed by atoms with Crippen LogP contribution in [-0.4, -0.2) is 34.4 Å². The highest BCUT2D eigenvalue weighted by Crippen LogP contribution is 2.35. The molecule has 2 aliphatic heterocycles. The number of fused-ring (bicyclic) bond motifs is 4. The Labute approximate surface area is 216 Å². The lowest BCUT2D eigenvalue weighted by Gasteiger charge is -2.42. The second-order valence-corrected chi connectivity index (χ2v) is 10.0. The summed E-state index contributed by atoms with van der Waals surface area (Å²) in [7, 11) is 0. The van der Waals surface area contributed by atoms with Crippen LogP contribution in [0.2, 0.25) is 0 Å². The van der Waals surface area contributed by atoms with E-state index in [-0.39, 0.29) is 34.9 Å². The Morgan fingerprint density at radius 1 is 0.919 bits per heavy atom. The lowest BCUT2D eigenvalue weighted by molar-refractivity contribution is -0.130. The SMILES string of the molecule is Cc1ccc(C(=O)NC(=CC=Cc2ccccc2)C(=O)N2CC3CC(C2)c2cccc(=O)n2C3)cc1C. The number of aromatic nitrogens is 1. The molecule has 2 aromatic carbocycles. The van der Waals surface area contributed by atoms with Gasteiger partial charge in [0.05, 0.1) is 0 Å². The fourth-order valence-corrected chi connectivity index (χ4v) is 5.30. The summed E-state index contributed by atoms with van der Waals surface area (Å²) in [6.07, 6.45) is 6.33. The third kappa shape index (κ3) is 5.33. The lowest BCUT2D eigenvalue weighted by Crippen LogP contribution is -2.50. The number of hydrogen-bond acceptors (Lipinski definition) is 3. The van der Waals surface area contributed by atoms with E-state index in [1.54, 1.807) is 30.4 Å². The third-order valence-electron chi connectivity index (χ3n) is 7.37. The van der Waals surface area contributed by atoms with Crippen LogP contribution in [0.5, 0.6) is 0 Å². The molecular formula is C31H31N3O3. The molecule has 188 valence electrons. The van der Waals surface area contributed by atoms with Gasteiger partial charge < -0.3 is 14.8 Å². The van der Waals surface area contributed by atoms with Crippen LogP contribution < -0.4 is 10.9 Å². The number of likely N-dealkylation sites (tertiary alicyclic amines) is 1. The molecule has 0 spiro atoms. The van der Waals surface area contributed by atoms with E-state index in [1.807, 2.05) is 77.9 Å². The molecule has 3 aromatic rings. The van der Waals surface area contributed by atoms with Gasteiger partial charge in [0.25, 0.3) is 17.4 Å². The van der Waals surface area contributed by atoms with Gasteiger partial charge >= 0.3 is 0 Å². The standard InChI is InChI=1S/C31H31N3O3/c1-21-14-15-25(16-22(21)2)30(36)32-27(11-6-10-23-8-4-3-5-9-23)31(37)33-18-24-17-26(20-33)28-12-7-13-29(35)34(28)19-24/h3-16,24,26H,17-20H2,1-2H3,(H,32,36). The van der Waals surface area contributed by atoms with Crippen molar-refractivity contribution in [3.63, 3.8) is 0 Å². The first-order chi connectivity index (χ1) is 17.9. The van der Waals surface area contributed by atoms with Crippen LogP contribution in [0.25, 0.3) is 6.08 Å². The molecule has 1 saturated heterocycles. The Morgan fingerprint density at radius 2 is 1.73 bits per heavy atom. The number of hydrogen-bond donors (Lipinski definition) is 1. The lowest BCUT2D eigenvalue weighted by atomic mass is 9.83. The van der Waals surface area contributed by atoms with Crippen molar-refractivity contribution in [3.8, 4) is 0 Å². The number of nitrogens with one attached hydrogen (secondary N) is 1. The van der Waals surface area contributed by atoms with Gasteiger partial charge in [-0.15, -0.1) is 0 Å². The Kier molecular flexibility index (Phi) is 6.91. The normalized spacial score (nSPS) is 19.0. The van der Waals surface area contributed by atoms with E-state index in [0.29, 0.717) is 25.2 Å². The summed E-state index contributed by atoms with van der Waals surface area (Å²) < 4.78 is 1.85. The summed E-state index contributed by atoms with van der Waals surface area (Å²) in [5, 5.41) is 2.88. The number of carbonyl (C=O) groups excluding carboxylic acids is 2. The average molecular weight is 494 g/mol. The molecule has 2 atom stereocenters. The quantitative estimate of drug-likeness (QED) is 0.422. The molecule has 0 radical (unpaired) electrons. The largest absolute Gasteiger partial charge is 0.336 e. The summed E-state index contributed by atoms with van der Waals surface area (Å²) in [5.41, 5.74) is 4.87. The zero-order valence-electron chi connectivity index (χ0n) is 21.2. The average Bonchev–Trinajstić information content (AvgIpc) is 2.90. The zero-order chi connectivity index (χ0) is 25.9. The molecule has 2 amide bonds. The summed E-state index contributed by atoms with van der Waals surface area (Å²) in [6, 6.07) is 20.7. The first-order valence-corrected chi connectivity index (χ1v) is 12.7. The molecule has 6 heteroatoms. The molecule has 2 bridgehead atoms. The van der Waals surface area contributed by atoms with Crippen molar-refractivity contribution in [1.82, 2.24) is 14.8 Å². The van der Waals surface area contributed by atoms with Crippen LogP contribution in [0.1, 0.15) is 45.1 Å². The monoisotopic (exact) mass is 493 g/mol. The van der Waals surface area contributed by atoms with E-state index < -0.39 is 0 Å². The molecule has 2 unspecified atom stereocenters. The van der Waals surface area contributed by atoms with Crippen molar-refractivity contribution in [1.29, 1.82) is 0 Å². The molecular weight excluding hydrogens is 462 g/mol. The minimum atomic E-state index is -0.315. The van der Waals surface area contributed by atoms with Crippen LogP contribution in [0.3, 0.4) is 0 Å². The highest BCUT2D eigenvalue weighted by atomic mass is 16.2. The second-order valence-electron chi connectivity index (χ2n) is 10.0. The minimum absolute atomic E-state index is 0.0132. The van der Waals surface area contributed by atoms with Crippen LogP contribution in [-0.2, 0) is 11.3 Å². The van der Waals surface area contributed by atoms with Crippen molar-refractivity contribution < 1.29 is 9.59 Å². The van der Waals surface area contributed by atoms with E-state index in [2.05, 4.69) is 5.32 Å². The number of pyridine rings is 1. The topological polar surface area (TPSA) is 71.4 Å². The number of benzene rings is 2. The Bertz CT molecular complexity index is 1450. The maximum atomic E-state index is 13.8. The molecule has 3 heterocycles. The van der Waals surface area contributed by atoms with E-state index in [1.165, 1.54) is 0 Å². The number of aryl methyl sites for hydroxylation is 2. The van der Waals surface area contributed by atoms with Crippen LogP contribution in [0.15, 0.2) is 89.4 Å². The molecule has 1 N–H and O–H groups in total. The molecule has 6 nitrogen and oxygen atoms in total. The number of piperidine rings is 1. The number of amides is 2. The maximum absolute atomic E-state index is 13.8. The van der Waals surface area contributed by atoms with E-state index in [0.717, 1.165) is 28.8 Å². The third-order valence-corrected chi connectivity index (χ3v) is 7.37. The molecule has 5 rings (SSSR count). The van der Waals surface area contributed by atoms with E-state index in [9.17, 15) is 14.4 Å². The molecule has 0 saturated carbocycles. The number of rotatable bonds is 5. The van der Waals surface area contributed by atoms with Gasteiger partial charge in [-0.3, -0.25) is 14.4 Å². The van der Waals surface area contributed by atoms with Gasteiger partial charge in [0.15, 0.2) is 0 Å². The van der Waals surface area contributed by atoms with Gasteiger partial charge in [-0.1, -0.05) is 54.6 Å². The Morgan fingerprint density at radius 3 is 2.51 bits per heavy atom. The van der Waals surface area contributed by atoms with Crippen molar-refractivity contribution >= 4 is 17.9 Å². The fourth-order valence-electron chi connectivity index (χ4n) is 5.30. The van der Waals surface area contributed by atoms with Crippen molar-refractivity contribution in [2.75, 3.05) is 13.1 Å². The maximum Gasteiger partial charge on any atom is 0.270 e. The highest BCUT2D eigenvalue weighted by Gasteiger charge is 2.37. The van der Waals surface area contributed by atoms with Gasteiger partial charge in [-0.25, -0.2) is 0 Å². The van der Waals surface area contributed by atoms with Gasteiger partial charge in [0.2, 0.25) is 0 Å². The zero-order valence-corrected chi connectivity index (χ0v) is 21.2. The summed E-state index contributed by atoms with van der Waals surface area (Å²) >= 11 is 0. The molecule has 2 aliphatic rings. The summed E-state index contributed by atoms with van der Waals surface area (Å²) in [6.45, 7) is 5.64. The number of allylic oxidation sites excluding steroid dienone is 2. The second kappa shape index (κ2) is 10.4. The van der Waals surface area contributed by atoms with Crippen molar-refractivity contribution in [3.05, 3.63) is 123 Å². The predicted octanol–water partition coefficient (Wildman–Crippen LogP) is 4.44. The van der Waals surface area contributed by atoms with Gasteiger partial charge in [0.1, 0.15) is 5.70 Å². The van der Waals surface area contributed by atoms with Crippen LogP contribution in [0, 0.1) is 19.8 Å². The van der Waals surface area contributed by atoms with Gasteiger partial charge in [-0.2, -0.15) is 0 Å². The summed E-state index contributed by atoms with van der Waals surface area (Å²) in [4.78, 5) is 41.1.